The van der Waals surface area contributed by atoms with Gasteiger partial charge in [-0.2, -0.15) is 4.98 Å². The van der Waals surface area contributed by atoms with Crippen LogP contribution in [0.2, 0.25) is 0 Å². The lowest BCUT2D eigenvalue weighted by atomic mass is 10.0. The van der Waals surface area contributed by atoms with E-state index in [1.165, 1.54) is 0 Å². The van der Waals surface area contributed by atoms with Gasteiger partial charge in [0.25, 0.3) is 5.91 Å². The molecule has 8 nitrogen and oxygen atoms in total. The second-order valence-electron chi connectivity index (χ2n) is 6.13. The minimum absolute atomic E-state index is 0.0170. The Morgan fingerprint density at radius 2 is 2.04 bits per heavy atom. The molecule has 0 unspecified atom stereocenters. The number of ether oxygens (including phenoxy) is 1. The summed E-state index contributed by atoms with van der Waals surface area (Å²) in [5.74, 6) is 1.93. The second kappa shape index (κ2) is 6.91. The largest absolute Gasteiger partial charge is 0.484 e. The maximum absolute atomic E-state index is 12.2. The first kappa shape index (κ1) is 16.2. The van der Waals surface area contributed by atoms with Gasteiger partial charge in [-0.1, -0.05) is 17.3 Å². The van der Waals surface area contributed by atoms with E-state index in [2.05, 4.69) is 20.1 Å². The summed E-state index contributed by atoms with van der Waals surface area (Å²) in [6.07, 6.45) is 3.24. The number of carbonyl (C=O) groups excluding carboxylic acids is 1. The Bertz CT molecular complexity index is 906. The molecule has 0 N–H and O–H groups in total. The Balaban J connectivity index is 1.30. The number of aromatic nitrogens is 4. The van der Waals surface area contributed by atoms with Crippen LogP contribution < -0.4 is 4.74 Å². The van der Waals surface area contributed by atoms with Crippen molar-refractivity contribution in [1.29, 1.82) is 0 Å². The van der Waals surface area contributed by atoms with Crippen LogP contribution in [0.3, 0.4) is 0 Å². The summed E-state index contributed by atoms with van der Waals surface area (Å²) in [6, 6.07) is 9.34. The first-order valence-corrected chi connectivity index (χ1v) is 8.27. The fourth-order valence-electron chi connectivity index (χ4n) is 2.69. The zero-order valence-corrected chi connectivity index (χ0v) is 14.2. The summed E-state index contributed by atoms with van der Waals surface area (Å²) in [6.45, 7) is 3.07. The van der Waals surface area contributed by atoms with E-state index in [-0.39, 0.29) is 18.4 Å². The standard InChI is InChI=1S/C18H17N5O3/c1-12-4-2-5-14(8-12)25-11-15(24)23-9-13(10-23)18-21-17(22-26-18)16-19-6-3-7-20-16/h2-8,13H,9-11H2,1H3. The normalized spacial score (nSPS) is 14.1. The molecular formula is C18H17N5O3. The van der Waals surface area contributed by atoms with Crippen molar-refractivity contribution in [2.24, 2.45) is 0 Å². The van der Waals surface area contributed by atoms with Crippen LogP contribution >= 0.6 is 0 Å². The zero-order valence-electron chi connectivity index (χ0n) is 14.2. The number of likely N-dealkylation sites (tertiary alicyclic amines) is 1. The number of benzene rings is 1. The van der Waals surface area contributed by atoms with Crippen LogP contribution in [0.1, 0.15) is 17.4 Å². The van der Waals surface area contributed by atoms with Crippen molar-refractivity contribution in [3.63, 3.8) is 0 Å². The molecule has 1 amide bonds. The third-order valence-electron chi connectivity index (χ3n) is 4.14. The molecule has 0 spiro atoms. The third-order valence-corrected chi connectivity index (χ3v) is 4.14. The number of hydrogen-bond acceptors (Lipinski definition) is 7. The molecule has 2 aromatic heterocycles. The summed E-state index contributed by atoms with van der Waals surface area (Å²) < 4.78 is 10.8. The molecule has 0 radical (unpaired) electrons. The van der Waals surface area contributed by atoms with Gasteiger partial charge in [-0.25, -0.2) is 9.97 Å². The molecule has 0 saturated carbocycles. The molecule has 1 fully saturated rings. The molecular weight excluding hydrogens is 334 g/mol. The summed E-state index contributed by atoms with van der Waals surface area (Å²) in [7, 11) is 0. The van der Waals surface area contributed by atoms with Gasteiger partial charge >= 0.3 is 0 Å². The zero-order chi connectivity index (χ0) is 17.9. The number of amides is 1. The summed E-state index contributed by atoms with van der Waals surface area (Å²) in [5, 5.41) is 3.90. The van der Waals surface area contributed by atoms with E-state index < -0.39 is 0 Å². The van der Waals surface area contributed by atoms with E-state index in [1.807, 2.05) is 31.2 Å². The van der Waals surface area contributed by atoms with Crippen molar-refractivity contribution in [1.82, 2.24) is 25.0 Å². The molecule has 132 valence electrons. The SMILES string of the molecule is Cc1cccc(OCC(=O)N2CC(c3nc(-c4ncccn4)no3)C2)c1. The molecule has 0 atom stereocenters. The van der Waals surface area contributed by atoms with Gasteiger partial charge < -0.3 is 14.2 Å². The second-order valence-corrected chi connectivity index (χ2v) is 6.13. The molecule has 1 aliphatic rings. The maximum atomic E-state index is 12.2. The average Bonchev–Trinajstić information content (AvgIpc) is 3.09. The molecule has 3 aromatic rings. The van der Waals surface area contributed by atoms with Crippen molar-refractivity contribution >= 4 is 5.91 Å². The van der Waals surface area contributed by atoms with Gasteiger partial charge in [-0.05, 0) is 30.7 Å². The molecule has 8 heteroatoms. The van der Waals surface area contributed by atoms with E-state index >= 15 is 0 Å². The highest BCUT2D eigenvalue weighted by molar-refractivity contribution is 5.78. The topological polar surface area (TPSA) is 94.2 Å². The molecule has 4 rings (SSSR count). The minimum atomic E-state index is -0.0612. The number of carbonyl (C=O) groups is 1. The molecule has 26 heavy (non-hydrogen) atoms. The molecule has 0 bridgehead atoms. The Hall–Kier alpha value is -3.29. The van der Waals surface area contributed by atoms with E-state index in [9.17, 15) is 4.79 Å². The van der Waals surface area contributed by atoms with E-state index in [0.717, 1.165) is 5.56 Å². The van der Waals surface area contributed by atoms with Gasteiger partial charge in [-0.15, -0.1) is 0 Å². The molecule has 3 heterocycles. The summed E-state index contributed by atoms with van der Waals surface area (Å²) in [4.78, 5) is 26.4. The fraction of sp³-hybridized carbons (Fsp3) is 0.278. The maximum Gasteiger partial charge on any atom is 0.260 e. The highest BCUT2D eigenvalue weighted by Gasteiger charge is 2.35. The van der Waals surface area contributed by atoms with Crippen molar-refractivity contribution in [2.45, 2.75) is 12.8 Å². The van der Waals surface area contributed by atoms with Crippen LogP contribution in [-0.2, 0) is 4.79 Å². The quantitative estimate of drug-likeness (QED) is 0.692. The lowest BCUT2D eigenvalue weighted by Gasteiger charge is -2.36. The van der Waals surface area contributed by atoms with Crippen LogP contribution in [0.5, 0.6) is 5.75 Å². The summed E-state index contributed by atoms with van der Waals surface area (Å²) >= 11 is 0. The smallest absolute Gasteiger partial charge is 0.260 e. The number of aryl methyl sites for hydroxylation is 1. The first-order chi connectivity index (χ1) is 12.7. The molecule has 1 aliphatic heterocycles. The Kier molecular flexibility index (Phi) is 4.30. The van der Waals surface area contributed by atoms with Gasteiger partial charge in [-0.3, -0.25) is 4.79 Å². The monoisotopic (exact) mass is 351 g/mol. The Morgan fingerprint density at radius 3 is 2.81 bits per heavy atom. The fourth-order valence-corrected chi connectivity index (χ4v) is 2.69. The van der Waals surface area contributed by atoms with Crippen LogP contribution in [0.15, 0.2) is 47.2 Å². The predicted molar refractivity (Wildman–Crippen MR) is 91.3 cm³/mol. The highest BCUT2D eigenvalue weighted by Crippen LogP contribution is 2.27. The van der Waals surface area contributed by atoms with Crippen molar-refractivity contribution < 1.29 is 14.1 Å². The number of nitrogens with zero attached hydrogens (tertiary/aromatic N) is 5. The van der Waals surface area contributed by atoms with E-state index in [4.69, 9.17) is 9.26 Å². The van der Waals surface area contributed by atoms with Crippen molar-refractivity contribution in [3.05, 3.63) is 54.2 Å². The van der Waals surface area contributed by atoms with E-state index in [1.54, 1.807) is 23.4 Å². The van der Waals surface area contributed by atoms with E-state index in [0.29, 0.717) is 36.4 Å². The molecule has 0 aliphatic carbocycles. The van der Waals surface area contributed by atoms with Crippen LogP contribution in [0, 0.1) is 6.92 Å². The highest BCUT2D eigenvalue weighted by atomic mass is 16.5. The lowest BCUT2D eigenvalue weighted by Crippen LogP contribution is -2.50. The third kappa shape index (κ3) is 3.39. The van der Waals surface area contributed by atoms with Gasteiger partial charge in [0.05, 0.1) is 5.92 Å². The van der Waals surface area contributed by atoms with Gasteiger partial charge in [0.1, 0.15) is 5.75 Å². The Morgan fingerprint density at radius 1 is 1.23 bits per heavy atom. The van der Waals surface area contributed by atoms with Gasteiger partial charge in [0.2, 0.25) is 17.5 Å². The number of hydrogen-bond donors (Lipinski definition) is 0. The minimum Gasteiger partial charge on any atom is -0.484 e. The predicted octanol–water partition coefficient (Wildman–Crippen LogP) is 1.84. The summed E-state index contributed by atoms with van der Waals surface area (Å²) in [5.41, 5.74) is 1.09. The lowest BCUT2D eigenvalue weighted by molar-refractivity contribution is -0.138. The van der Waals surface area contributed by atoms with Crippen LogP contribution in [0.25, 0.3) is 11.6 Å². The van der Waals surface area contributed by atoms with Crippen molar-refractivity contribution in [2.75, 3.05) is 19.7 Å². The average molecular weight is 351 g/mol. The molecule has 1 saturated heterocycles. The Labute approximate surface area is 149 Å². The number of rotatable bonds is 5. The van der Waals surface area contributed by atoms with Gasteiger partial charge in [0.15, 0.2) is 6.61 Å². The van der Waals surface area contributed by atoms with Crippen LogP contribution in [-0.4, -0.2) is 50.6 Å². The molecule has 1 aromatic carbocycles. The van der Waals surface area contributed by atoms with Gasteiger partial charge in [0, 0.05) is 25.5 Å². The first-order valence-electron chi connectivity index (χ1n) is 8.27. The van der Waals surface area contributed by atoms with Crippen molar-refractivity contribution in [3.8, 4) is 17.4 Å². The van der Waals surface area contributed by atoms with Crippen LogP contribution in [0.4, 0.5) is 0 Å².